The second kappa shape index (κ2) is 8.17. The van der Waals surface area contributed by atoms with E-state index in [0.29, 0.717) is 6.61 Å². The summed E-state index contributed by atoms with van der Waals surface area (Å²) in [5.41, 5.74) is 2.44. The highest BCUT2D eigenvalue weighted by molar-refractivity contribution is 5.65. The molecule has 1 heterocycles. The van der Waals surface area contributed by atoms with E-state index in [9.17, 15) is 4.79 Å². The molecule has 0 aliphatic rings. The van der Waals surface area contributed by atoms with Crippen LogP contribution < -0.4 is 5.32 Å². The van der Waals surface area contributed by atoms with Crippen molar-refractivity contribution < 1.29 is 9.53 Å². The van der Waals surface area contributed by atoms with Crippen LogP contribution in [-0.4, -0.2) is 17.6 Å². The zero-order chi connectivity index (χ0) is 15.8. The smallest absolute Gasteiger partial charge is 0.302 e. The van der Waals surface area contributed by atoms with Crippen LogP contribution in [0.5, 0.6) is 0 Å². The molecule has 116 valence electrons. The van der Waals surface area contributed by atoms with Crippen molar-refractivity contribution in [2.75, 3.05) is 11.9 Å². The van der Waals surface area contributed by atoms with Crippen molar-refractivity contribution in [3.05, 3.63) is 59.8 Å². The number of rotatable bonds is 7. The van der Waals surface area contributed by atoms with Crippen molar-refractivity contribution in [3.8, 4) is 0 Å². The molecule has 4 nitrogen and oxygen atoms in total. The molecule has 0 saturated carbocycles. The largest absolute Gasteiger partial charge is 0.466 e. The molecule has 0 radical (unpaired) electrons. The SMILES string of the molecule is CC(=O)OCCCC(Nc1ccccn1)c1ccc(C)cc1. The first-order valence-electron chi connectivity index (χ1n) is 7.52. The van der Waals surface area contributed by atoms with Crippen molar-refractivity contribution in [1.29, 1.82) is 0 Å². The Hall–Kier alpha value is -2.36. The summed E-state index contributed by atoms with van der Waals surface area (Å²) in [4.78, 5) is 15.2. The Kier molecular flexibility index (Phi) is 5.95. The lowest BCUT2D eigenvalue weighted by molar-refractivity contribution is -0.141. The van der Waals surface area contributed by atoms with Crippen LogP contribution in [0.25, 0.3) is 0 Å². The summed E-state index contributed by atoms with van der Waals surface area (Å²) in [5.74, 6) is 0.616. The van der Waals surface area contributed by atoms with Gasteiger partial charge in [-0.25, -0.2) is 4.98 Å². The van der Waals surface area contributed by atoms with Crippen molar-refractivity contribution >= 4 is 11.8 Å². The second-order valence-electron chi connectivity index (χ2n) is 5.30. The Morgan fingerprint density at radius 2 is 2.00 bits per heavy atom. The minimum atomic E-state index is -0.232. The fraction of sp³-hybridized carbons (Fsp3) is 0.333. The summed E-state index contributed by atoms with van der Waals surface area (Å²) >= 11 is 0. The molecule has 0 fully saturated rings. The summed E-state index contributed by atoms with van der Waals surface area (Å²) in [6.07, 6.45) is 3.44. The summed E-state index contributed by atoms with van der Waals surface area (Å²) < 4.78 is 5.02. The molecule has 1 aromatic heterocycles. The number of ether oxygens (including phenoxy) is 1. The molecule has 0 amide bonds. The van der Waals surface area contributed by atoms with Crippen molar-refractivity contribution in [2.24, 2.45) is 0 Å². The summed E-state index contributed by atoms with van der Waals surface area (Å²) in [5, 5.41) is 3.45. The Morgan fingerprint density at radius 3 is 2.64 bits per heavy atom. The van der Waals surface area contributed by atoms with Gasteiger partial charge in [0.25, 0.3) is 0 Å². The van der Waals surface area contributed by atoms with E-state index in [1.165, 1.54) is 18.1 Å². The Labute approximate surface area is 131 Å². The van der Waals surface area contributed by atoms with Crippen molar-refractivity contribution in [3.63, 3.8) is 0 Å². The fourth-order valence-corrected chi connectivity index (χ4v) is 2.25. The van der Waals surface area contributed by atoms with Gasteiger partial charge in [-0.1, -0.05) is 35.9 Å². The first kappa shape index (κ1) is 16.0. The lowest BCUT2D eigenvalue weighted by atomic mass is 10.0. The van der Waals surface area contributed by atoms with Crippen LogP contribution >= 0.6 is 0 Å². The highest BCUT2D eigenvalue weighted by atomic mass is 16.5. The molecule has 22 heavy (non-hydrogen) atoms. The van der Waals surface area contributed by atoms with Crippen LogP contribution in [-0.2, 0) is 9.53 Å². The number of nitrogens with zero attached hydrogens (tertiary/aromatic N) is 1. The highest BCUT2D eigenvalue weighted by Gasteiger charge is 2.12. The van der Waals surface area contributed by atoms with Crippen LogP contribution in [0.15, 0.2) is 48.7 Å². The maximum absolute atomic E-state index is 10.8. The fourth-order valence-electron chi connectivity index (χ4n) is 2.25. The van der Waals surface area contributed by atoms with Crippen LogP contribution in [0, 0.1) is 6.92 Å². The molecule has 0 spiro atoms. The molecular weight excluding hydrogens is 276 g/mol. The van der Waals surface area contributed by atoms with Gasteiger partial charge in [-0.05, 0) is 37.5 Å². The van der Waals surface area contributed by atoms with E-state index in [2.05, 4.69) is 41.5 Å². The number of hydrogen-bond donors (Lipinski definition) is 1. The highest BCUT2D eigenvalue weighted by Crippen LogP contribution is 2.23. The van der Waals surface area contributed by atoms with Crippen LogP contribution in [0.2, 0.25) is 0 Å². The first-order valence-corrected chi connectivity index (χ1v) is 7.52. The van der Waals surface area contributed by atoms with Gasteiger partial charge in [-0.2, -0.15) is 0 Å². The lowest BCUT2D eigenvalue weighted by Gasteiger charge is -2.20. The van der Waals surface area contributed by atoms with Gasteiger partial charge in [-0.3, -0.25) is 4.79 Å². The minimum Gasteiger partial charge on any atom is -0.466 e. The monoisotopic (exact) mass is 298 g/mol. The van der Waals surface area contributed by atoms with Gasteiger partial charge >= 0.3 is 5.97 Å². The topological polar surface area (TPSA) is 51.2 Å². The molecule has 0 aliphatic heterocycles. The Bertz CT molecular complexity index is 582. The number of aromatic nitrogens is 1. The van der Waals surface area contributed by atoms with E-state index in [0.717, 1.165) is 18.7 Å². The third-order valence-electron chi connectivity index (χ3n) is 3.41. The van der Waals surface area contributed by atoms with Crippen molar-refractivity contribution in [1.82, 2.24) is 4.98 Å². The molecular formula is C18H22N2O2. The number of hydrogen-bond acceptors (Lipinski definition) is 4. The summed E-state index contributed by atoms with van der Waals surface area (Å²) in [7, 11) is 0. The minimum absolute atomic E-state index is 0.144. The molecule has 1 atom stereocenters. The molecule has 0 bridgehead atoms. The van der Waals surface area contributed by atoms with E-state index in [-0.39, 0.29) is 12.0 Å². The lowest BCUT2D eigenvalue weighted by Crippen LogP contribution is -2.13. The molecule has 1 unspecified atom stereocenters. The number of benzene rings is 1. The molecule has 1 aromatic carbocycles. The number of aryl methyl sites for hydroxylation is 1. The molecule has 4 heteroatoms. The maximum atomic E-state index is 10.8. The Balaban J connectivity index is 2.03. The number of pyridine rings is 1. The quantitative estimate of drug-likeness (QED) is 0.622. The second-order valence-corrected chi connectivity index (χ2v) is 5.30. The maximum Gasteiger partial charge on any atom is 0.302 e. The van der Waals surface area contributed by atoms with E-state index < -0.39 is 0 Å². The molecule has 0 saturated heterocycles. The van der Waals surface area contributed by atoms with Crippen LogP contribution in [0.3, 0.4) is 0 Å². The molecule has 1 N–H and O–H groups in total. The van der Waals surface area contributed by atoms with Gasteiger partial charge < -0.3 is 10.1 Å². The van der Waals surface area contributed by atoms with Gasteiger partial charge in [0, 0.05) is 13.1 Å². The van der Waals surface area contributed by atoms with E-state index in [1.54, 1.807) is 6.20 Å². The van der Waals surface area contributed by atoms with Gasteiger partial charge in [0.05, 0.1) is 12.6 Å². The van der Waals surface area contributed by atoms with E-state index >= 15 is 0 Å². The Morgan fingerprint density at radius 1 is 1.23 bits per heavy atom. The predicted molar refractivity (Wildman–Crippen MR) is 87.6 cm³/mol. The average molecular weight is 298 g/mol. The number of nitrogens with one attached hydrogen (secondary N) is 1. The standard InChI is InChI=1S/C18H22N2O2/c1-14-8-10-16(11-9-14)17(6-5-13-22-15(2)21)20-18-7-3-4-12-19-18/h3-4,7-12,17H,5-6,13H2,1-2H3,(H,19,20). The molecule has 0 aliphatic carbocycles. The van der Waals surface area contributed by atoms with Crippen LogP contribution in [0.1, 0.15) is 36.9 Å². The third-order valence-corrected chi connectivity index (χ3v) is 3.41. The summed E-state index contributed by atoms with van der Waals surface area (Å²) in [6.45, 7) is 3.96. The molecule has 2 aromatic rings. The third kappa shape index (κ3) is 5.20. The zero-order valence-corrected chi connectivity index (χ0v) is 13.1. The van der Waals surface area contributed by atoms with E-state index in [4.69, 9.17) is 4.74 Å². The number of carbonyl (C=O) groups excluding carboxylic acids is 1. The summed E-state index contributed by atoms with van der Waals surface area (Å²) in [6, 6.07) is 14.4. The van der Waals surface area contributed by atoms with Gasteiger partial charge in [0.1, 0.15) is 5.82 Å². The number of esters is 1. The average Bonchev–Trinajstić information content (AvgIpc) is 2.52. The first-order chi connectivity index (χ1) is 10.6. The normalized spacial score (nSPS) is 11.7. The van der Waals surface area contributed by atoms with E-state index in [1.807, 2.05) is 18.2 Å². The molecule has 2 rings (SSSR count). The van der Waals surface area contributed by atoms with Gasteiger partial charge in [0.2, 0.25) is 0 Å². The van der Waals surface area contributed by atoms with Gasteiger partial charge in [-0.15, -0.1) is 0 Å². The predicted octanol–water partition coefficient (Wildman–Crippen LogP) is 3.89. The number of carbonyl (C=O) groups is 1. The number of anilines is 1. The van der Waals surface area contributed by atoms with Crippen molar-refractivity contribution in [2.45, 2.75) is 32.7 Å². The van der Waals surface area contributed by atoms with Crippen LogP contribution in [0.4, 0.5) is 5.82 Å². The van der Waals surface area contributed by atoms with Gasteiger partial charge in [0.15, 0.2) is 0 Å². The zero-order valence-electron chi connectivity index (χ0n) is 13.1.